The third-order valence-electron chi connectivity index (χ3n) is 5.98. The van der Waals surface area contributed by atoms with Crippen molar-refractivity contribution in [1.82, 2.24) is 14.7 Å². The molecule has 1 aromatic heterocycles. The van der Waals surface area contributed by atoms with Crippen LogP contribution in [-0.4, -0.2) is 44.2 Å². The third-order valence-corrected chi connectivity index (χ3v) is 7.36. The lowest BCUT2D eigenvalue weighted by molar-refractivity contribution is -0.123. The first-order valence-corrected chi connectivity index (χ1v) is 12.3. The van der Waals surface area contributed by atoms with E-state index >= 15 is 0 Å². The maximum Gasteiger partial charge on any atom is 0.266 e. The number of para-hydroxylation sites is 1. The Hall–Kier alpha value is -2.74. The van der Waals surface area contributed by atoms with E-state index in [0.29, 0.717) is 15.8 Å². The van der Waals surface area contributed by atoms with Crippen LogP contribution in [0.2, 0.25) is 0 Å². The smallest absolute Gasteiger partial charge is 0.266 e. The molecular formula is C26H25N3O2S2. The Morgan fingerprint density at radius 2 is 2.03 bits per heavy atom. The van der Waals surface area contributed by atoms with Gasteiger partial charge in [0.05, 0.1) is 23.2 Å². The monoisotopic (exact) mass is 475 g/mol. The van der Waals surface area contributed by atoms with Crippen molar-refractivity contribution < 1.29 is 9.53 Å². The summed E-state index contributed by atoms with van der Waals surface area (Å²) in [6.07, 6.45) is 5.99. The molecule has 3 heterocycles. The summed E-state index contributed by atoms with van der Waals surface area (Å²) in [5.74, 6) is -0.0557. The number of carbonyl (C=O) groups excluding carboxylic acids is 1. The minimum absolute atomic E-state index is 0.0557. The van der Waals surface area contributed by atoms with Gasteiger partial charge in [0.2, 0.25) is 0 Å². The molecule has 0 N–H and O–H groups in total. The lowest BCUT2D eigenvalue weighted by Crippen LogP contribution is -2.35. The molecule has 7 heteroatoms. The summed E-state index contributed by atoms with van der Waals surface area (Å²) in [6.45, 7) is 5.44. The summed E-state index contributed by atoms with van der Waals surface area (Å²) < 4.78 is 8.18. The molecule has 2 aromatic carbocycles. The Morgan fingerprint density at radius 3 is 2.79 bits per heavy atom. The highest BCUT2D eigenvalue weighted by Gasteiger charge is 2.35. The molecule has 0 radical (unpaired) electrons. The second kappa shape index (κ2) is 9.25. The van der Waals surface area contributed by atoms with E-state index in [0.717, 1.165) is 47.5 Å². The summed E-state index contributed by atoms with van der Waals surface area (Å²) in [5, 5.41) is 4.93. The summed E-state index contributed by atoms with van der Waals surface area (Å²) in [6, 6.07) is 16.4. The first-order chi connectivity index (χ1) is 16.0. The van der Waals surface area contributed by atoms with E-state index in [1.54, 1.807) is 4.90 Å². The zero-order valence-electron chi connectivity index (χ0n) is 18.7. The van der Waals surface area contributed by atoms with Gasteiger partial charge in [-0.05, 0) is 56.5 Å². The van der Waals surface area contributed by atoms with E-state index in [4.69, 9.17) is 22.1 Å². The number of aryl methyl sites for hydroxylation is 2. The highest BCUT2D eigenvalue weighted by atomic mass is 32.2. The number of nitrogens with zero attached hydrogens (tertiary/aromatic N) is 3. The van der Waals surface area contributed by atoms with Crippen molar-refractivity contribution in [1.29, 1.82) is 0 Å². The van der Waals surface area contributed by atoms with Gasteiger partial charge in [0.15, 0.2) is 0 Å². The van der Waals surface area contributed by atoms with E-state index in [1.165, 1.54) is 17.3 Å². The molecule has 1 atom stereocenters. The number of thioether (sulfide) groups is 1. The Bertz CT molecular complexity index is 1240. The van der Waals surface area contributed by atoms with Crippen LogP contribution in [0.5, 0.6) is 0 Å². The molecule has 0 bridgehead atoms. The predicted molar refractivity (Wildman–Crippen MR) is 137 cm³/mol. The maximum absolute atomic E-state index is 13.2. The van der Waals surface area contributed by atoms with Gasteiger partial charge in [-0.15, -0.1) is 0 Å². The molecule has 2 aliphatic heterocycles. The molecule has 1 amide bonds. The standard InChI is InChI=1S/C26H25N3O2S2/c1-17-10-11-18(2)22(13-17)24-19(15-29(27-24)20-7-4-3-5-8-20)14-23-25(30)28(26(32)33-23)16-21-9-6-12-31-21/h3-5,7-8,10-11,13-15,21H,6,9,12,16H2,1-2H3/b23-14-/t21-/m0/s1. The number of rotatable bonds is 5. The minimum atomic E-state index is -0.0557. The second-order valence-electron chi connectivity index (χ2n) is 8.46. The number of benzene rings is 2. The van der Waals surface area contributed by atoms with Gasteiger partial charge in [0, 0.05) is 23.9 Å². The van der Waals surface area contributed by atoms with Crippen molar-refractivity contribution in [3.63, 3.8) is 0 Å². The Labute approximate surface area is 203 Å². The highest BCUT2D eigenvalue weighted by Crippen LogP contribution is 2.36. The molecule has 5 nitrogen and oxygen atoms in total. The summed E-state index contributed by atoms with van der Waals surface area (Å²) in [7, 11) is 0. The summed E-state index contributed by atoms with van der Waals surface area (Å²) in [5.41, 5.74) is 6.08. The number of amides is 1. The van der Waals surface area contributed by atoms with E-state index in [-0.39, 0.29) is 12.0 Å². The van der Waals surface area contributed by atoms with E-state index < -0.39 is 0 Å². The second-order valence-corrected chi connectivity index (χ2v) is 10.1. The highest BCUT2D eigenvalue weighted by molar-refractivity contribution is 8.26. The summed E-state index contributed by atoms with van der Waals surface area (Å²) in [4.78, 5) is 15.5. The number of thiocarbonyl (C=S) groups is 1. The van der Waals surface area contributed by atoms with Crippen molar-refractivity contribution in [2.45, 2.75) is 32.8 Å². The van der Waals surface area contributed by atoms with Crippen LogP contribution in [0, 0.1) is 13.8 Å². The first kappa shape index (κ1) is 22.1. The fourth-order valence-electron chi connectivity index (χ4n) is 4.20. The molecule has 3 aromatic rings. The van der Waals surface area contributed by atoms with Crippen LogP contribution >= 0.6 is 24.0 Å². The van der Waals surface area contributed by atoms with E-state index in [2.05, 4.69) is 32.0 Å². The van der Waals surface area contributed by atoms with Gasteiger partial charge in [0.1, 0.15) is 10.0 Å². The van der Waals surface area contributed by atoms with Gasteiger partial charge in [-0.25, -0.2) is 4.68 Å². The van der Waals surface area contributed by atoms with Crippen molar-refractivity contribution in [2.24, 2.45) is 0 Å². The van der Waals surface area contributed by atoms with Crippen LogP contribution in [0.25, 0.3) is 23.0 Å². The lowest BCUT2D eigenvalue weighted by atomic mass is 10.0. The summed E-state index contributed by atoms with van der Waals surface area (Å²) >= 11 is 6.89. The number of ether oxygens (including phenoxy) is 1. The topological polar surface area (TPSA) is 47.4 Å². The molecule has 2 fully saturated rings. The third kappa shape index (κ3) is 4.53. The number of hydrogen-bond donors (Lipinski definition) is 0. The van der Waals surface area contributed by atoms with Crippen molar-refractivity contribution >= 4 is 40.3 Å². The number of aromatic nitrogens is 2. The fourth-order valence-corrected chi connectivity index (χ4v) is 5.46. The fraction of sp³-hybridized carbons (Fsp3) is 0.269. The maximum atomic E-state index is 13.2. The normalized spacial score (nSPS) is 19.8. The zero-order chi connectivity index (χ0) is 22.9. The van der Waals surface area contributed by atoms with Gasteiger partial charge >= 0.3 is 0 Å². The number of carbonyl (C=O) groups is 1. The van der Waals surface area contributed by atoms with Crippen LogP contribution in [0.3, 0.4) is 0 Å². The molecule has 2 aliphatic rings. The SMILES string of the molecule is Cc1ccc(C)c(-c2nn(-c3ccccc3)cc2/C=C2\SC(=S)N(C[C@@H]3CCCO3)C2=O)c1. The van der Waals surface area contributed by atoms with Crippen LogP contribution in [-0.2, 0) is 9.53 Å². The average molecular weight is 476 g/mol. The van der Waals surface area contributed by atoms with Crippen molar-refractivity contribution in [2.75, 3.05) is 13.2 Å². The van der Waals surface area contributed by atoms with Gasteiger partial charge in [0.25, 0.3) is 5.91 Å². The molecular weight excluding hydrogens is 450 g/mol. The molecule has 0 saturated carbocycles. The van der Waals surface area contributed by atoms with E-state index in [1.807, 2.05) is 47.3 Å². The molecule has 0 aliphatic carbocycles. The van der Waals surface area contributed by atoms with Gasteiger partial charge in [-0.3, -0.25) is 9.69 Å². The van der Waals surface area contributed by atoms with Gasteiger partial charge in [-0.2, -0.15) is 5.10 Å². The molecule has 0 unspecified atom stereocenters. The average Bonchev–Trinajstić information content (AvgIpc) is 3.54. The van der Waals surface area contributed by atoms with Crippen LogP contribution in [0.4, 0.5) is 0 Å². The Balaban J connectivity index is 1.55. The zero-order valence-corrected chi connectivity index (χ0v) is 20.3. The van der Waals surface area contributed by atoms with Crippen LogP contribution in [0.15, 0.2) is 59.6 Å². The minimum Gasteiger partial charge on any atom is -0.376 e. The molecule has 5 rings (SSSR count). The van der Waals surface area contributed by atoms with Gasteiger partial charge in [-0.1, -0.05) is 59.9 Å². The van der Waals surface area contributed by atoms with Crippen molar-refractivity contribution in [3.8, 4) is 16.9 Å². The van der Waals surface area contributed by atoms with E-state index in [9.17, 15) is 4.79 Å². The largest absolute Gasteiger partial charge is 0.376 e. The van der Waals surface area contributed by atoms with Crippen molar-refractivity contribution in [3.05, 3.63) is 76.3 Å². The van der Waals surface area contributed by atoms with Crippen LogP contribution < -0.4 is 0 Å². The lowest BCUT2D eigenvalue weighted by Gasteiger charge is -2.18. The molecule has 0 spiro atoms. The molecule has 2 saturated heterocycles. The quantitative estimate of drug-likeness (QED) is 0.358. The molecule has 33 heavy (non-hydrogen) atoms. The van der Waals surface area contributed by atoms with Gasteiger partial charge < -0.3 is 4.74 Å². The van der Waals surface area contributed by atoms with Crippen LogP contribution in [0.1, 0.15) is 29.5 Å². The Kier molecular flexibility index (Phi) is 6.19. The first-order valence-electron chi connectivity index (χ1n) is 11.1. The predicted octanol–water partition coefficient (Wildman–Crippen LogP) is 5.54. The Morgan fingerprint density at radius 1 is 1.21 bits per heavy atom. The number of hydrogen-bond acceptors (Lipinski definition) is 5. The molecule has 168 valence electrons.